The van der Waals surface area contributed by atoms with Crippen LogP contribution in [0.5, 0.6) is 0 Å². The fourth-order valence-electron chi connectivity index (χ4n) is 4.84. The van der Waals surface area contributed by atoms with E-state index < -0.39 is 10.0 Å². The van der Waals surface area contributed by atoms with Crippen LogP contribution < -0.4 is 10.0 Å². The van der Waals surface area contributed by atoms with Crippen molar-refractivity contribution < 1.29 is 13.2 Å². The number of hydrogen-bond donors (Lipinski definition) is 2. The lowest BCUT2D eigenvalue weighted by Gasteiger charge is -2.25. The maximum absolute atomic E-state index is 12.8. The summed E-state index contributed by atoms with van der Waals surface area (Å²) in [6.07, 6.45) is 2.64. The maximum atomic E-state index is 12.8. The average molecular weight is 585 g/mol. The highest BCUT2D eigenvalue weighted by molar-refractivity contribution is 8.00. The van der Waals surface area contributed by atoms with Crippen LogP contribution in [0, 0.1) is 25.2 Å². The number of carbonyl (C=O) groups is 1. The third kappa shape index (κ3) is 6.90. The number of aromatic nitrogens is 3. The maximum Gasteiger partial charge on any atom is 0.264 e. The molecule has 2 aromatic heterocycles. The molecule has 1 aliphatic rings. The lowest BCUT2D eigenvalue weighted by molar-refractivity contribution is -0.113. The largest absolute Gasteiger partial charge is 0.325 e. The van der Waals surface area contributed by atoms with Crippen molar-refractivity contribution in [2.24, 2.45) is 0 Å². The Kier molecular flexibility index (Phi) is 8.33. The summed E-state index contributed by atoms with van der Waals surface area (Å²) in [5.41, 5.74) is 5.57. The van der Waals surface area contributed by atoms with Gasteiger partial charge in [0.1, 0.15) is 11.1 Å². The zero-order valence-electron chi connectivity index (χ0n) is 22.6. The van der Waals surface area contributed by atoms with Crippen molar-refractivity contribution in [1.82, 2.24) is 15.0 Å². The van der Waals surface area contributed by atoms with E-state index in [2.05, 4.69) is 38.2 Å². The van der Waals surface area contributed by atoms with E-state index in [4.69, 9.17) is 4.98 Å². The Balaban J connectivity index is 1.20. The van der Waals surface area contributed by atoms with Crippen molar-refractivity contribution in [3.05, 3.63) is 101 Å². The monoisotopic (exact) mass is 584 g/mol. The standard InChI is InChI=1S/C30H28N6O3S2/c1-19-14-20(2)33-30(32-19)36-41(38,39)26-11-9-25(10-12-26)34-28(37)18-40-29-24(17-31)16-23-15-22(8-13-27(23)35-29)21-6-4-3-5-7-21/h3-7,9-12,14,16,22H,8,13,15,18H2,1-2H3,(H,34,37)(H,32,33,36). The van der Waals surface area contributed by atoms with Crippen LogP contribution in [-0.2, 0) is 27.7 Å². The molecule has 11 heteroatoms. The van der Waals surface area contributed by atoms with Gasteiger partial charge in [0.25, 0.3) is 10.0 Å². The van der Waals surface area contributed by atoms with Gasteiger partial charge in [-0.05, 0) is 86.6 Å². The summed E-state index contributed by atoms with van der Waals surface area (Å²) in [7, 11) is -3.90. The van der Waals surface area contributed by atoms with Gasteiger partial charge in [-0.25, -0.2) is 28.1 Å². The Morgan fingerprint density at radius 3 is 2.41 bits per heavy atom. The molecule has 0 spiro atoms. The molecule has 41 heavy (non-hydrogen) atoms. The van der Waals surface area contributed by atoms with Gasteiger partial charge < -0.3 is 5.32 Å². The van der Waals surface area contributed by atoms with Crippen molar-refractivity contribution in [3.8, 4) is 6.07 Å². The van der Waals surface area contributed by atoms with E-state index in [0.717, 1.165) is 30.5 Å². The molecular weight excluding hydrogens is 557 g/mol. The number of nitriles is 1. The summed E-state index contributed by atoms with van der Waals surface area (Å²) in [6.45, 7) is 3.51. The number of fused-ring (bicyclic) bond motifs is 1. The number of anilines is 2. The molecule has 9 nitrogen and oxygen atoms in total. The number of aryl methyl sites for hydroxylation is 3. The normalized spacial score (nSPS) is 14.5. The lowest BCUT2D eigenvalue weighted by atomic mass is 9.82. The summed E-state index contributed by atoms with van der Waals surface area (Å²) < 4.78 is 27.9. The third-order valence-electron chi connectivity index (χ3n) is 6.74. The van der Waals surface area contributed by atoms with Crippen LogP contribution in [0.1, 0.15) is 46.1 Å². The van der Waals surface area contributed by atoms with Crippen LogP contribution in [0.15, 0.2) is 76.7 Å². The highest BCUT2D eigenvalue weighted by atomic mass is 32.2. The van der Waals surface area contributed by atoms with Crippen LogP contribution in [0.25, 0.3) is 0 Å². The minimum atomic E-state index is -3.90. The number of sulfonamides is 1. The van der Waals surface area contributed by atoms with E-state index in [1.165, 1.54) is 41.6 Å². The van der Waals surface area contributed by atoms with Gasteiger partial charge in [0.15, 0.2) is 0 Å². The summed E-state index contributed by atoms with van der Waals surface area (Å²) in [5.74, 6) is 0.164. The molecule has 0 radical (unpaired) electrons. The summed E-state index contributed by atoms with van der Waals surface area (Å²) >= 11 is 1.21. The van der Waals surface area contributed by atoms with Crippen LogP contribution in [0.4, 0.5) is 11.6 Å². The number of rotatable bonds is 8. The second-order valence-corrected chi connectivity index (χ2v) is 12.5. The predicted molar refractivity (Wildman–Crippen MR) is 158 cm³/mol. The molecule has 0 aliphatic heterocycles. The Hall–Kier alpha value is -4.27. The molecule has 0 fully saturated rings. The van der Waals surface area contributed by atoms with Crippen molar-refractivity contribution in [1.29, 1.82) is 5.26 Å². The molecule has 0 saturated heterocycles. The number of nitrogens with zero attached hydrogens (tertiary/aromatic N) is 4. The highest BCUT2D eigenvalue weighted by Crippen LogP contribution is 2.34. The van der Waals surface area contributed by atoms with Crippen LogP contribution in [-0.4, -0.2) is 35.0 Å². The van der Waals surface area contributed by atoms with Crippen molar-refractivity contribution in [2.45, 2.75) is 48.9 Å². The Labute approximate surface area is 243 Å². The van der Waals surface area contributed by atoms with Crippen molar-refractivity contribution >= 4 is 39.3 Å². The topological polar surface area (TPSA) is 138 Å². The van der Waals surface area contributed by atoms with Gasteiger partial charge in [0, 0.05) is 22.8 Å². The molecule has 2 aromatic carbocycles. The zero-order chi connectivity index (χ0) is 29.0. The molecule has 1 unspecified atom stereocenters. The molecule has 1 atom stereocenters. The van der Waals surface area contributed by atoms with E-state index in [0.29, 0.717) is 33.6 Å². The van der Waals surface area contributed by atoms with Crippen LogP contribution in [0.3, 0.4) is 0 Å². The molecule has 1 amide bonds. The van der Waals surface area contributed by atoms with Gasteiger partial charge in [0.2, 0.25) is 11.9 Å². The van der Waals surface area contributed by atoms with Gasteiger partial charge in [-0.1, -0.05) is 42.1 Å². The summed E-state index contributed by atoms with van der Waals surface area (Å²) in [5, 5.41) is 13.1. The number of thioether (sulfide) groups is 1. The minimum absolute atomic E-state index is 0.000409. The SMILES string of the molecule is Cc1cc(C)nc(NS(=O)(=O)c2ccc(NC(=O)CSc3nc4c(cc3C#N)CC(c3ccccc3)CC4)cc2)n1. The van der Waals surface area contributed by atoms with Gasteiger partial charge in [0.05, 0.1) is 16.2 Å². The van der Waals surface area contributed by atoms with E-state index in [1.54, 1.807) is 19.9 Å². The number of nitrogens with one attached hydrogen (secondary N) is 2. The smallest absolute Gasteiger partial charge is 0.264 e. The molecule has 2 N–H and O–H groups in total. The summed E-state index contributed by atoms with van der Waals surface area (Å²) in [4.78, 5) is 25.7. The molecule has 2 heterocycles. The van der Waals surface area contributed by atoms with E-state index in [1.807, 2.05) is 24.3 Å². The van der Waals surface area contributed by atoms with E-state index in [9.17, 15) is 18.5 Å². The van der Waals surface area contributed by atoms with Gasteiger partial charge >= 0.3 is 0 Å². The number of benzene rings is 2. The van der Waals surface area contributed by atoms with Crippen LogP contribution >= 0.6 is 11.8 Å². The molecule has 4 aromatic rings. The third-order valence-corrected chi connectivity index (χ3v) is 9.08. The molecule has 208 valence electrons. The van der Waals surface area contributed by atoms with Crippen molar-refractivity contribution in [3.63, 3.8) is 0 Å². The predicted octanol–water partition coefficient (Wildman–Crippen LogP) is 5.16. The lowest BCUT2D eigenvalue weighted by Crippen LogP contribution is -2.17. The van der Waals surface area contributed by atoms with Gasteiger partial charge in [-0.2, -0.15) is 5.26 Å². The Bertz CT molecular complexity index is 1720. The second-order valence-electron chi connectivity index (χ2n) is 9.85. The van der Waals surface area contributed by atoms with E-state index >= 15 is 0 Å². The quantitative estimate of drug-likeness (QED) is 0.271. The fourth-order valence-corrected chi connectivity index (χ4v) is 6.56. The molecule has 5 rings (SSSR count). The molecule has 0 saturated carbocycles. The van der Waals surface area contributed by atoms with Gasteiger partial charge in [-0.3, -0.25) is 4.79 Å². The number of amides is 1. The molecule has 1 aliphatic carbocycles. The first-order chi connectivity index (χ1) is 19.7. The fraction of sp³-hybridized carbons (Fsp3) is 0.233. The van der Waals surface area contributed by atoms with Crippen LogP contribution in [0.2, 0.25) is 0 Å². The first-order valence-electron chi connectivity index (χ1n) is 13.1. The second kappa shape index (κ2) is 12.1. The number of hydrogen-bond acceptors (Lipinski definition) is 8. The minimum Gasteiger partial charge on any atom is -0.325 e. The van der Waals surface area contributed by atoms with Crippen molar-refractivity contribution in [2.75, 3.05) is 15.8 Å². The average Bonchev–Trinajstić information content (AvgIpc) is 2.95. The summed E-state index contributed by atoms with van der Waals surface area (Å²) in [6, 6.07) is 22.1. The zero-order valence-corrected chi connectivity index (χ0v) is 24.2. The Morgan fingerprint density at radius 2 is 1.73 bits per heavy atom. The van der Waals surface area contributed by atoms with Gasteiger partial charge in [-0.15, -0.1) is 0 Å². The molecular formula is C30H28N6O3S2. The first-order valence-corrected chi connectivity index (χ1v) is 15.5. The highest BCUT2D eigenvalue weighted by Gasteiger charge is 2.23. The number of carbonyl (C=O) groups excluding carboxylic acids is 1. The molecule has 0 bridgehead atoms. The Morgan fingerprint density at radius 1 is 1.02 bits per heavy atom. The first kappa shape index (κ1) is 28.3. The van der Waals surface area contributed by atoms with E-state index in [-0.39, 0.29) is 22.5 Å². The number of pyridine rings is 1.